The fraction of sp³-hybridized carbons (Fsp3) is 0.0769. The third-order valence-electron chi connectivity index (χ3n) is 2.65. The molecule has 0 aliphatic rings. The molecule has 5 nitrogen and oxygen atoms in total. The molecule has 0 unspecified atom stereocenters. The minimum atomic E-state index is -0.451. The van der Waals surface area contributed by atoms with Crippen molar-refractivity contribution in [3.8, 4) is 5.75 Å². The van der Waals surface area contributed by atoms with E-state index in [-0.39, 0.29) is 16.5 Å². The van der Waals surface area contributed by atoms with Gasteiger partial charge in [-0.3, -0.25) is 10.1 Å². The largest absolute Gasteiger partial charge is 0.506 e. The molecule has 7 heteroatoms. The molecule has 0 aliphatic carbocycles. The van der Waals surface area contributed by atoms with Crippen LogP contribution in [-0.2, 0) is 6.54 Å². The van der Waals surface area contributed by atoms with Crippen molar-refractivity contribution in [1.82, 2.24) is 0 Å². The minimum Gasteiger partial charge on any atom is -0.506 e. The van der Waals surface area contributed by atoms with Crippen molar-refractivity contribution in [1.29, 1.82) is 0 Å². The van der Waals surface area contributed by atoms with E-state index in [0.29, 0.717) is 11.0 Å². The highest BCUT2D eigenvalue weighted by Crippen LogP contribution is 2.28. The summed E-state index contributed by atoms with van der Waals surface area (Å²) in [6.07, 6.45) is 0. The Labute approximate surface area is 128 Å². The van der Waals surface area contributed by atoms with Crippen molar-refractivity contribution < 1.29 is 10.0 Å². The molecule has 0 amide bonds. The van der Waals surface area contributed by atoms with Gasteiger partial charge in [0, 0.05) is 18.3 Å². The van der Waals surface area contributed by atoms with Gasteiger partial charge in [-0.1, -0.05) is 17.7 Å². The van der Waals surface area contributed by atoms with Crippen LogP contribution in [-0.4, -0.2) is 10.0 Å². The number of nitro benzene ring substituents is 1. The van der Waals surface area contributed by atoms with Gasteiger partial charge in [-0.05, 0) is 45.8 Å². The Kier molecular flexibility index (Phi) is 4.46. The lowest BCUT2D eigenvalue weighted by atomic mass is 10.2. The maximum Gasteiger partial charge on any atom is 0.283 e. The number of anilines is 1. The molecule has 0 fully saturated rings. The topological polar surface area (TPSA) is 75.4 Å². The number of nitro groups is 1. The lowest BCUT2D eigenvalue weighted by Gasteiger charge is -2.08. The van der Waals surface area contributed by atoms with E-state index < -0.39 is 4.92 Å². The molecule has 0 heterocycles. The molecule has 0 saturated carbocycles. The van der Waals surface area contributed by atoms with E-state index in [2.05, 4.69) is 21.2 Å². The first kappa shape index (κ1) is 14.6. The van der Waals surface area contributed by atoms with E-state index >= 15 is 0 Å². The van der Waals surface area contributed by atoms with Crippen LogP contribution in [0.2, 0.25) is 5.02 Å². The van der Waals surface area contributed by atoms with Gasteiger partial charge in [-0.2, -0.15) is 0 Å². The number of nitrogens with one attached hydrogen (secondary N) is 1. The van der Waals surface area contributed by atoms with E-state index in [1.165, 1.54) is 12.1 Å². The standard InChI is InChI=1S/C13H10BrClN2O3/c14-10-6-9(2-3-12(10)17(19)20)16-7-8-1-4-13(18)11(15)5-8/h1-6,16,18H,7H2. The Morgan fingerprint density at radius 3 is 2.65 bits per heavy atom. The summed E-state index contributed by atoms with van der Waals surface area (Å²) in [5.41, 5.74) is 1.65. The van der Waals surface area contributed by atoms with Crippen LogP contribution in [0.3, 0.4) is 0 Å². The Bertz CT molecular complexity index is 664. The van der Waals surface area contributed by atoms with Crippen molar-refractivity contribution in [2.24, 2.45) is 0 Å². The molecule has 0 saturated heterocycles. The summed E-state index contributed by atoms with van der Waals surface area (Å²) in [6.45, 7) is 0.490. The van der Waals surface area contributed by atoms with E-state index in [4.69, 9.17) is 11.6 Å². The van der Waals surface area contributed by atoms with Gasteiger partial charge in [-0.15, -0.1) is 0 Å². The Hall–Kier alpha value is -1.79. The predicted molar refractivity (Wildman–Crippen MR) is 81.2 cm³/mol. The number of aromatic hydroxyl groups is 1. The van der Waals surface area contributed by atoms with E-state index in [1.807, 2.05) is 0 Å². The van der Waals surface area contributed by atoms with Crippen molar-refractivity contribution in [3.05, 3.63) is 61.6 Å². The van der Waals surface area contributed by atoms with Gasteiger partial charge in [0.15, 0.2) is 0 Å². The van der Waals surface area contributed by atoms with Crippen molar-refractivity contribution in [2.75, 3.05) is 5.32 Å². The monoisotopic (exact) mass is 356 g/mol. The zero-order valence-corrected chi connectivity index (χ0v) is 12.5. The summed E-state index contributed by atoms with van der Waals surface area (Å²) in [4.78, 5) is 10.2. The molecule has 0 aliphatic heterocycles. The molecular weight excluding hydrogens is 348 g/mol. The van der Waals surface area contributed by atoms with E-state index in [9.17, 15) is 15.2 Å². The number of phenolic OH excluding ortho intramolecular Hbond substituents is 1. The van der Waals surface area contributed by atoms with Crippen LogP contribution in [0.5, 0.6) is 5.75 Å². The maximum absolute atomic E-state index is 10.7. The molecule has 0 spiro atoms. The van der Waals surface area contributed by atoms with Crippen molar-refractivity contribution >= 4 is 38.9 Å². The quantitative estimate of drug-likeness (QED) is 0.631. The maximum atomic E-state index is 10.7. The normalized spacial score (nSPS) is 10.3. The number of hydrogen-bond acceptors (Lipinski definition) is 4. The van der Waals surface area contributed by atoms with Crippen LogP contribution in [0.15, 0.2) is 40.9 Å². The van der Waals surface area contributed by atoms with E-state index in [0.717, 1.165) is 11.3 Å². The fourth-order valence-corrected chi connectivity index (χ4v) is 2.36. The highest BCUT2D eigenvalue weighted by atomic mass is 79.9. The Morgan fingerprint density at radius 2 is 2.05 bits per heavy atom. The summed E-state index contributed by atoms with van der Waals surface area (Å²) in [5, 5.41) is 23.4. The third kappa shape index (κ3) is 3.40. The summed E-state index contributed by atoms with van der Waals surface area (Å²) in [7, 11) is 0. The second kappa shape index (κ2) is 6.11. The van der Waals surface area contributed by atoms with Gasteiger partial charge < -0.3 is 10.4 Å². The van der Waals surface area contributed by atoms with Crippen LogP contribution < -0.4 is 5.32 Å². The molecule has 0 aromatic heterocycles. The molecule has 0 radical (unpaired) electrons. The number of halogens is 2. The van der Waals surface area contributed by atoms with Crippen molar-refractivity contribution in [3.63, 3.8) is 0 Å². The number of rotatable bonds is 4. The van der Waals surface area contributed by atoms with Gasteiger partial charge in [-0.25, -0.2) is 0 Å². The van der Waals surface area contributed by atoms with Crippen molar-refractivity contribution in [2.45, 2.75) is 6.54 Å². The summed E-state index contributed by atoms with van der Waals surface area (Å²) < 4.78 is 0.413. The Balaban J connectivity index is 2.09. The van der Waals surface area contributed by atoms with Crippen LogP contribution >= 0.6 is 27.5 Å². The zero-order chi connectivity index (χ0) is 14.7. The molecule has 104 valence electrons. The van der Waals surface area contributed by atoms with Gasteiger partial charge in [0.25, 0.3) is 5.69 Å². The fourth-order valence-electron chi connectivity index (χ4n) is 1.63. The number of hydrogen-bond donors (Lipinski definition) is 2. The lowest BCUT2D eigenvalue weighted by molar-refractivity contribution is -0.385. The first-order valence-electron chi connectivity index (χ1n) is 5.62. The smallest absolute Gasteiger partial charge is 0.283 e. The average Bonchev–Trinajstić information content (AvgIpc) is 2.40. The van der Waals surface area contributed by atoms with E-state index in [1.54, 1.807) is 24.3 Å². The summed E-state index contributed by atoms with van der Waals surface area (Å²) in [5.74, 6) is 0.0356. The molecule has 2 aromatic rings. The number of nitrogens with zero attached hydrogens (tertiary/aromatic N) is 1. The number of benzene rings is 2. The third-order valence-corrected chi connectivity index (χ3v) is 3.59. The second-order valence-corrected chi connectivity index (χ2v) is 5.32. The van der Waals surface area contributed by atoms with Crippen LogP contribution in [0, 0.1) is 10.1 Å². The van der Waals surface area contributed by atoms with Gasteiger partial charge in [0.1, 0.15) is 5.75 Å². The van der Waals surface area contributed by atoms with Gasteiger partial charge in [0.2, 0.25) is 0 Å². The molecule has 2 N–H and O–H groups in total. The zero-order valence-electron chi connectivity index (χ0n) is 10.1. The molecule has 2 aromatic carbocycles. The minimum absolute atomic E-state index is 0.0169. The van der Waals surface area contributed by atoms with Gasteiger partial charge in [0.05, 0.1) is 14.4 Å². The summed E-state index contributed by atoms with van der Waals surface area (Å²) in [6, 6.07) is 9.62. The van der Waals surface area contributed by atoms with Crippen LogP contribution in [0.25, 0.3) is 0 Å². The molecule has 0 atom stereocenters. The summed E-state index contributed by atoms with van der Waals surface area (Å²) >= 11 is 8.98. The average molecular weight is 358 g/mol. The highest BCUT2D eigenvalue weighted by Gasteiger charge is 2.11. The lowest BCUT2D eigenvalue weighted by Crippen LogP contribution is -2.00. The Morgan fingerprint density at radius 1 is 1.30 bits per heavy atom. The SMILES string of the molecule is O=[N+]([O-])c1ccc(NCc2ccc(O)c(Cl)c2)cc1Br. The predicted octanol–water partition coefficient (Wildman–Crippen LogP) is 4.33. The first-order chi connectivity index (χ1) is 9.47. The number of phenols is 1. The van der Waals surface area contributed by atoms with Crippen LogP contribution in [0.1, 0.15) is 5.56 Å². The molecule has 20 heavy (non-hydrogen) atoms. The molecule has 2 rings (SSSR count). The molecular formula is C13H10BrClN2O3. The van der Waals surface area contributed by atoms with Crippen LogP contribution in [0.4, 0.5) is 11.4 Å². The second-order valence-electron chi connectivity index (χ2n) is 4.06. The first-order valence-corrected chi connectivity index (χ1v) is 6.79. The molecule has 0 bridgehead atoms. The van der Waals surface area contributed by atoms with Gasteiger partial charge >= 0.3 is 0 Å². The highest BCUT2D eigenvalue weighted by molar-refractivity contribution is 9.10.